The Labute approximate surface area is 160 Å². The summed E-state index contributed by atoms with van der Waals surface area (Å²) >= 11 is 0. The number of alkyl halides is 2. The van der Waals surface area contributed by atoms with Gasteiger partial charge in [-0.05, 0) is 30.5 Å². The van der Waals surface area contributed by atoms with Crippen molar-refractivity contribution in [1.29, 1.82) is 0 Å². The molecule has 0 bridgehead atoms. The smallest absolute Gasteiger partial charge is 0.387 e. The molecule has 0 saturated carbocycles. The third-order valence-electron chi connectivity index (χ3n) is 3.94. The van der Waals surface area contributed by atoms with Gasteiger partial charge in [-0.25, -0.2) is 4.99 Å². The summed E-state index contributed by atoms with van der Waals surface area (Å²) in [6, 6.07) is 4.66. The second-order valence-corrected chi connectivity index (χ2v) is 7.02. The molecule has 0 aliphatic carbocycles. The minimum atomic E-state index is -2.90. The predicted octanol–water partition coefficient (Wildman–Crippen LogP) is 3.41. The fraction of sp³-hybridized carbons (Fsp3) is 0.632. The number of halogens is 2. The monoisotopic (exact) mass is 387 g/mol. The molecule has 1 rings (SSSR count). The highest BCUT2D eigenvalue weighted by atomic mass is 19.3. The summed E-state index contributed by atoms with van der Waals surface area (Å²) in [6.07, 6.45) is -0.0177. The highest BCUT2D eigenvalue weighted by Gasteiger charge is 2.24. The molecular formula is C19H31F2N3O3. The number of methoxy groups -OCH3 is 2. The lowest BCUT2D eigenvalue weighted by atomic mass is 9.89. The minimum Gasteiger partial charge on any atom is -0.497 e. The number of hydrogen-bond donors (Lipinski definition) is 2. The van der Waals surface area contributed by atoms with E-state index < -0.39 is 6.61 Å². The van der Waals surface area contributed by atoms with Crippen LogP contribution in [0, 0.1) is 5.41 Å². The molecule has 0 aromatic heterocycles. The van der Waals surface area contributed by atoms with Crippen LogP contribution >= 0.6 is 0 Å². The normalized spacial score (nSPS) is 13.4. The molecule has 1 unspecified atom stereocenters. The molecule has 8 heteroatoms. The van der Waals surface area contributed by atoms with Gasteiger partial charge in [0.15, 0.2) is 5.96 Å². The van der Waals surface area contributed by atoms with E-state index in [1.54, 1.807) is 19.2 Å². The number of ether oxygens (including phenoxy) is 3. The molecule has 0 saturated heterocycles. The first kappa shape index (κ1) is 23.0. The molecule has 0 aliphatic heterocycles. The minimum absolute atomic E-state index is 0.0177. The van der Waals surface area contributed by atoms with Crippen LogP contribution in [0.4, 0.5) is 8.78 Å². The third-order valence-corrected chi connectivity index (χ3v) is 3.94. The summed E-state index contributed by atoms with van der Waals surface area (Å²) < 4.78 is 40.5. The molecule has 1 aromatic carbocycles. The van der Waals surface area contributed by atoms with Gasteiger partial charge in [-0.2, -0.15) is 8.78 Å². The summed E-state index contributed by atoms with van der Waals surface area (Å²) in [7, 11) is 3.19. The molecule has 0 fully saturated rings. The SMILES string of the molecule is CCNC(=NCc1cc(OC)ccc1OC(F)F)NCC(OC)C(C)(C)C. The molecule has 27 heavy (non-hydrogen) atoms. The standard InChI is InChI=1S/C19H31F2N3O3/c1-7-22-18(24-12-16(26-6)19(2,3)4)23-11-13-10-14(25-5)8-9-15(13)27-17(20)21/h8-10,16-17H,7,11-12H2,1-6H3,(H2,22,23,24). The van der Waals surface area contributed by atoms with Gasteiger partial charge in [-0.15, -0.1) is 0 Å². The van der Waals surface area contributed by atoms with Crippen LogP contribution in [0.15, 0.2) is 23.2 Å². The zero-order valence-electron chi connectivity index (χ0n) is 16.9. The van der Waals surface area contributed by atoms with Crippen molar-refractivity contribution >= 4 is 5.96 Å². The summed E-state index contributed by atoms with van der Waals surface area (Å²) in [6.45, 7) is 6.71. The van der Waals surface area contributed by atoms with Crippen molar-refractivity contribution in [2.75, 3.05) is 27.3 Å². The van der Waals surface area contributed by atoms with Crippen molar-refractivity contribution in [3.63, 3.8) is 0 Å². The quantitative estimate of drug-likeness (QED) is 0.502. The van der Waals surface area contributed by atoms with Gasteiger partial charge in [-0.1, -0.05) is 20.8 Å². The molecule has 0 radical (unpaired) electrons. The molecule has 154 valence electrons. The number of guanidine groups is 1. The van der Waals surface area contributed by atoms with Gasteiger partial charge in [-0.3, -0.25) is 0 Å². The first-order valence-electron chi connectivity index (χ1n) is 8.88. The average molecular weight is 387 g/mol. The Morgan fingerprint density at radius 2 is 1.89 bits per heavy atom. The van der Waals surface area contributed by atoms with Gasteiger partial charge in [0.25, 0.3) is 0 Å². The Morgan fingerprint density at radius 1 is 1.19 bits per heavy atom. The van der Waals surface area contributed by atoms with E-state index in [2.05, 4.69) is 41.1 Å². The van der Waals surface area contributed by atoms with Crippen molar-refractivity contribution < 1.29 is 23.0 Å². The van der Waals surface area contributed by atoms with Crippen LogP contribution in [-0.2, 0) is 11.3 Å². The lowest BCUT2D eigenvalue weighted by Gasteiger charge is -2.30. The predicted molar refractivity (Wildman–Crippen MR) is 103 cm³/mol. The number of hydrogen-bond acceptors (Lipinski definition) is 4. The molecule has 0 amide bonds. The Hall–Kier alpha value is -2.09. The number of nitrogens with one attached hydrogen (secondary N) is 2. The number of aliphatic imine (C=N–C) groups is 1. The van der Waals surface area contributed by atoms with E-state index >= 15 is 0 Å². The maximum Gasteiger partial charge on any atom is 0.387 e. The van der Waals surface area contributed by atoms with Gasteiger partial charge >= 0.3 is 6.61 Å². The summed E-state index contributed by atoms with van der Waals surface area (Å²) in [5, 5.41) is 6.37. The summed E-state index contributed by atoms with van der Waals surface area (Å²) in [5.74, 6) is 1.19. The molecule has 0 spiro atoms. The Morgan fingerprint density at radius 3 is 2.41 bits per heavy atom. The van der Waals surface area contributed by atoms with Crippen LogP contribution in [-0.4, -0.2) is 46.0 Å². The molecular weight excluding hydrogens is 356 g/mol. The van der Waals surface area contributed by atoms with Crippen molar-refractivity contribution in [3.8, 4) is 11.5 Å². The van der Waals surface area contributed by atoms with Crippen LogP contribution < -0.4 is 20.1 Å². The lowest BCUT2D eigenvalue weighted by molar-refractivity contribution is -0.0504. The molecule has 2 N–H and O–H groups in total. The molecule has 6 nitrogen and oxygen atoms in total. The van der Waals surface area contributed by atoms with E-state index in [1.807, 2.05) is 6.92 Å². The van der Waals surface area contributed by atoms with E-state index in [-0.39, 0.29) is 23.8 Å². The molecule has 1 atom stereocenters. The fourth-order valence-electron chi connectivity index (χ4n) is 2.46. The van der Waals surface area contributed by atoms with E-state index in [9.17, 15) is 8.78 Å². The van der Waals surface area contributed by atoms with Crippen LogP contribution in [0.2, 0.25) is 0 Å². The first-order chi connectivity index (χ1) is 12.7. The highest BCUT2D eigenvalue weighted by molar-refractivity contribution is 5.79. The topological polar surface area (TPSA) is 64.1 Å². The molecule has 1 aromatic rings. The maximum atomic E-state index is 12.6. The molecule has 0 heterocycles. The number of benzene rings is 1. The summed E-state index contributed by atoms with van der Waals surface area (Å²) in [5.41, 5.74) is 0.468. The Kier molecular flexibility index (Phi) is 9.28. The summed E-state index contributed by atoms with van der Waals surface area (Å²) in [4.78, 5) is 4.47. The first-order valence-corrected chi connectivity index (χ1v) is 8.88. The van der Waals surface area contributed by atoms with Crippen LogP contribution in [0.1, 0.15) is 33.3 Å². The van der Waals surface area contributed by atoms with Gasteiger partial charge in [0.05, 0.1) is 19.8 Å². The van der Waals surface area contributed by atoms with E-state index in [0.29, 0.717) is 30.4 Å². The van der Waals surface area contributed by atoms with Gasteiger partial charge in [0.1, 0.15) is 11.5 Å². The van der Waals surface area contributed by atoms with Gasteiger partial charge in [0.2, 0.25) is 0 Å². The number of nitrogens with zero attached hydrogens (tertiary/aromatic N) is 1. The van der Waals surface area contributed by atoms with Crippen LogP contribution in [0.5, 0.6) is 11.5 Å². The lowest BCUT2D eigenvalue weighted by Crippen LogP contribution is -2.45. The average Bonchev–Trinajstić information content (AvgIpc) is 2.59. The van der Waals surface area contributed by atoms with Crippen molar-refractivity contribution in [1.82, 2.24) is 10.6 Å². The van der Waals surface area contributed by atoms with Crippen molar-refractivity contribution in [2.24, 2.45) is 10.4 Å². The fourth-order valence-corrected chi connectivity index (χ4v) is 2.46. The second kappa shape index (κ2) is 10.9. The molecule has 0 aliphatic rings. The maximum absolute atomic E-state index is 12.6. The van der Waals surface area contributed by atoms with Gasteiger partial charge in [0, 0.05) is 25.8 Å². The Bertz CT molecular complexity index is 604. The van der Waals surface area contributed by atoms with Gasteiger partial charge < -0.3 is 24.8 Å². The second-order valence-electron chi connectivity index (χ2n) is 7.02. The number of rotatable bonds is 9. The van der Waals surface area contributed by atoms with E-state index in [4.69, 9.17) is 9.47 Å². The van der Waals surface area contributed by atoms with E-state index in [0.717, 1.165) is 0 Å². The Balaban J connectivity index is 2.93. The van der Waals surface area contributed by atoms with E-state index in [1.165, 1.54) is 13.2 Å². The highest BCUT2D eigenvalue weighted by Crippen LogP contribution is 2.26. The largest absolute Gasteiger partial charge is 0.497 e. The van der Waals surface area contributed by atoms with Crippen molar-refractivity contribution in [2.45, 2.75) is 47.0 Å². The third kappa shape index (κ3) is 7.99. The zero-order chi connectivity index (χ0) is 20.4. The van der Waals surface area contributed by atoms with Crippen LogP contribution in [0.25, 0.3) is 0 Å². The zero-order valence-corrected chi connectivity index (χ0v) is 16.9. The van der Waals surface area contributed by atoms with Crippen molar-refractivity contribution in [3.05, 3.63) is 23.8 Å². The van der Waals surface area contributed by atoms with Crippen LogP contribution in [0.3, 0.4) is 0 Å².